The first kappa shape index (κ1) is 18.6. The Morgan fingerprint density at radius 1 is 1.11 bits per heavy atom. The molecule has 2 atom stereocenters. The molecule has 0 aromatic carbocycles. The van der Waals surface area contributed by atoms with Crippen LogP contribution in [0, 0.1) is 0 Å². The lowest BCUT2D eigenvalue weighted by molar-refractivity contribution is 0.0189. The molecule has 0 rings (SSSR count). The fourth-order valence-electron chi connectivity index (χ4n) is 1.64. The predicted octanol–water partition coefficient (Wildman–Crippen LogP) is 4.67. The molecule has 0 heterocycles. The zero-order chi connectivity index (χ0) is 15.1. The second-order valence-corrected chi connectivity index (χ2v) is 11.5. The minimum absolute atomic E-state index is 0.0844. The molecule has 0 aliphatic heterocycles. The van der Waals surface area contributed by atoms with Gasteiger partial charge in [0, 0.05) is 0 Å². The fourth-order valence-corrected chi connectivity index (χ4v) is 3.03. The van der Waals surface area contributed by atoms with Crippen LogP contribution in [0.1, 0.15) is 46.5 Å². The van der Waals surface area contributed by atoms with Crippen molar-refractivity contribution in [3.8, 4) is 0 Å². The summed E-state index contributed by atoms with van der Waals surface area (Å²) in [6.07, 6.45) is 6.51. The molecule has 0 fully saturated rings. The van der Waals surface area contributed by atoms with Crippen LogP contribution in [-0.2, 0) is 4.43 Å². The van der Waals surface area contributed by atoms with Crippen LogP contribution in [-0.4, -0.2) is 25.6 Å². The van der Waals surface area contributed by atoms with Crippen LogP contribution in [0.2, 0.25) is 18.1 Å². The number of hydrogen-bond acceptors (Lipinski definition) is 2. The smallest absolute Gasteiger partial charge is 0.192 e. The maximum atomic E-state index is 10.3. The summed E-state index contributed by atoms with van der Waals surface area (Å²) < 4.78 is 6.37. The van der Waals surface area contributed by atoms with E-state index in [1.54, 1.807) is 0 Å². The summed E-state index contributed by atoms with van der Waals surface area (Å²) in [7, 11) is -1.84. The standard InChI is InChI=1S/C16H32O2Si/c1-8-10-12-14(17)15(13-11-9-2)18-19(6,7)16(3,4)5/h8-9,14-15,17H,1-2,10-13H2,3-7H3/t14-,15-/m1/s1. The van der Waals surface area contributed by atoms with Crippen molar-refractivity contribution in [2.75, 3.05) is 0 Å². The lowest BCUT2D eigenvalue weighted by Gasteiger charge is -2.40. The van der Waals surface area contributed by atoms with E-state index in [1.165, 1.54) is 0 Å². The molecule has 0 radical (unpaired) electrons. The van der Waals surface area contributed by atoms with Gasteiger partial charge in [0.05, 0.1) is 12.2 Å². The molecule has 0 bridgehead atoms. The van der Waals surface area contributed by atoms with Crippen molar-refractivity contribution < 1.29 is 9.53 Å². The Bertz CT molecular complexity index is 279. The average Bonchev–Trinajstić information content (AvgIpc) is 2.29. The number of aliphatic hydroxyl groups excluding tert-OH is 1. The molecule has 0 amide bonds. The van der Waals surface area contributed by atoms with E-state index >= 15 is 0 Å². The topological polar surface area (TPSA) is 29.5 Å². The van der Waals surface area contributed by atoms with Crippen LogP contribution in [0.5, 0.6) is 0 Å². The molecular formula is C16H32O2Si. The van der Waals surface area contributed by atoms with Gasteiger partial charge in [0.25, 0.3) is 0 Å². The molecule has 19 heavy (non-hydrogen) atoms. The molecule has 0 unspecified atom stereocenters. The highest BCUT2D eigenvalue weighted by Gasteiger charge is 2.40. The summed E-state index contributed by atoms with van der Waals surface area (Å²) in [4.78, 5) is 0. The van der Waals surface area contributed by atoms with Crippen LogP contribution in [0.3, 0.4) is 0 Å². The fraction of sp³-hybridized carbons (Fsp3) is 0.750. The molecule has 112 valence electrons. The van der Waals surface area contributed by atoms with E-state index in [9.17, 15) is 5.11 Å². The van der Waals surface area contributed by atoms with Gasteiger partial charge in [-0.2, -0.15) is 0 Å². The number of rotatable bonds is 9. The molecule has 1 N–H and O–H groups in total. The van der Waals surface area contributed by atoms with Gasteiger partial charge in [0.15, 0.2) is 8.32 Å². The first-order chi connectivity index (χ1) is 8.65. The van der Waals surface area contributed by atoms with Crippen LogP contribution >= 0.6 is 0 Å². The molecule has 0 spiro atoms. The first-order valence-corrected chi connectivity index (χ1v) is 10.1. The van der Waals surface area contributed by atoms with Gasteiger partial charge in [-0.1, -0.05) is 32.9 Å². The SMILES string of the molecule is C=CCC[C@@H](O)[C@@H](CCC=C)O[Si](C)(C)C(C)(C)C. The maximum Gasteiger partial charge on any atom is 0.192 e. The van der Waals surface area contributed by atoms with Crippen LogP contribution in [0.25, 0.3) is 0 Å². The van der Waals surface area contributed by atoms with E-state index in [-0.39, 0.29) is 11.1 Å². The van der Waals surface area contributed by atoms with E-state index in [1.807, 2.05) is 12.2 Å². The highest BCUT2D eigenvalue weighted by Crippen LogP contribution is 2.38. The molecule has 0 saturated carbocycles. The first-order valence-electron chi connectivity index (χ1n) is 7.23. The summed E-state index contributed by atoms with van der Waals surface area (Å²) in [5.41, 5.74) is 0. The van der Waals surface area contributed by atoms with E-state index in [2.05, 4.69) is 47.0 Å². The van der Waals surface area contributed by atoms with Gasteiger partial charge >= 0.3 is 0 Å². The van der Waals surface area contributed by atoms with Gasteiger partial charge < -0.3 is 9.53 Å². The van der Waals surface area contributed by atoms with Gasteiger partial charge in [-0.3, -0.25) is 0 Å². The highest BCUT2D eigenvalue weighted by atomic mass is 28.4. The number of aliphatic hydroxyl groups is 1. The molecule has 0 saturated heterocycles. The van der Waals surface area contributed by atoms with E-state index in [0.717, 1.165) is 25.7 Å². The third kappa shape index (κ3) is 6.55. The van der Waals surface area contributed by atoms with Crippen LogP contribution in [0.4, 0.5) is 0 Å². The Balaban J connectivity index is 4.74. The predicted molar refractivity (Wildman–Crippen MR) is 86.9 cm³/mol. The third-order valence-electron chi connectivity index (χ3n) is 4.00. The molecule has 2 nitrogen and oxygen atoms in total. The minimum atomic E-state index is -1.84. The number of hydrogen-bond donors (Lipinski definition) is 1. The maximum absolute atomic E-state index is 10.3. The molecule has 0 aromatic rings. The van der Waals surface area contributed by atoms with Crippen molar-refractivity contribution in [1.82, 2.24) is 0 Å². The monoisotopic (exact) mass is 284 g/mol. The van der Waals surface area contributed by atoms with Crippen LogP contribution < -0.4 is 0 Å². The summed E-state index contributed by atoms with van der Waals surface area (Å²) in [6.45, 7) is 18.6. The molecular weight excluding hydrogens is 252 g/mol. The average molecular weight is 285 g/mol. The minimum Gasteiger partial charge on any atom is -0.411 e. The van der Waals surface area contributed by atoms with Crippen molar-refractivity contribution in [3.63, 3.8) is 0 Å². The van der Waals surface area contributed by atoms with Gasteiger partial charge in [-0.15, -0.1) is 13.2 Å². The largest absolute Gasteiger partial charge is 0.411 e. The summed E-state index contributed by atoms with van der Waals surface area (Å²) >= 11 is 0. The van der Waals surface area contributed by atoms with E-state index < -0.39 is 14.4 Å². The summed E-state index contributed by atoms with van der Waals surface area (Å²) in [5.74, 6) is 0. The summed E-state index contributed by atoms with van der Waals surface area (Å²) in [6, 6.07) is 0. The lowest BCUT2D eigenvalue weighted by atomic mass is 10.0. The molecule has 0 aromatic heterocycles. The van der Waals surface area contributed by atoms with Crippen molar-refractivity contribution in [1.29, 1.82) is 0 Å². The number of allylic oxidation sites excluding steroid dienone is 2. The Hall–Kier alpha value is -0.383. The Labute approximate surface area is 120 Å². The highest BCUT2D eigenvalue weighted by molar-refractivity contribution is 6.74. The lowest BCUT2D eigenvalue weighted by Crippen LogP contribution is -2.47. The van der Waals surface area contributed by atoms with Gasteiger partial charge in [-0.25, -0.2) is 0 Å². The quantitative estimate of drug-likeness (QED) is 0.492. The molecule has 3 heteroatoms. The van der Waals surface area contributed by atoms with E-state index in [0.29, 0.717) is 0 Å². The third-order valence-corrected chi connectivity index (χ3v) is 8.51. The Kier molecular flexibility index (Phi) is 7.87. The van der Waals surface area contributed by atoms with Gasteiger partial charge in [-0.05, 0) is 43.8 Å². The van der Waals surface area contributed by atoms with Gasteiger partial charge in [0.1, 0.15) is 0 Å². The van der Waals surface area contributed by atoms with Crippen molar-refractivity contribution in [2.45, 2.75) is 76.8 Å². The van der Waals surface area contributed by atoms with Crippen molar-refractivity contribution in [2.24, 2.45) is 0 Å². The molecule has 0 aliphatic rings. The van der Waals surface area contributed by atoms with Crippen molar-refractivity contribution >= 4 is 8.32 Å². The zero-order valence-corrected chi connectivity index (χ0v) is 14.4. The Morgan fingerprint density at radius 2 is 1.58 bits per heavy atom. The Morgan fingerprint density at radius 3 is 2.00 bits per heavy atom. The molecule has 0 aliphatic carbocycles. The normalized spacial score (nSPS) is 15.9. The van der Waals surface area contributed by atoms with Crippen LogP contribution in [0.15, 0.2) is 25.3 Å². The van der Waals surface area contributed by atoms with E-state index in [4.69, 9.17) is 4.43 Å². The van der Waals surface area contributed by atoms with Gasteiger partial charge in [0.2, 0.25) is 0 Å². The second-order valence-electron chi connectivity index (χ2n) is 6.72. The second kappa shape index (κ2) is 8.03. The summed E-state index contributed by atoms with van der Waals surface area (Å²) in [5, 5.41) is 10.5. The van der Waals surface area contributed by atoms with Crippen molar-refractivity contribution in [3.05, 3.63) is 25.3 Å². The zero-order valence-electron chi connectivity index (χ0n) is 13.4.